The van der Waals surface area contributed by atoms with Crippen molar-refractivity contribution in [1.29, 1.82) is 0 Å². The molecule has 3 rings (SSSR count). The quantitative estimate of drug-likeness (QED) is 0.859. The van der Waals surface area contributed by atoms with Gasteiger partial charge in [-0.2, -0.15) is 0 Å². The van der Waals surface area contributed by atoms with Crippen LogP contribution in [0.25, 0.3) is 11.0 Å². The van der Waals surface area contributed by atoms with E-state index in [4.69, 9.17) is 5.73 Å². The number of nitrogens with two attached hydrogens (primary N) is 1. The van der Waals surface area contributed by atoms with Gasteiger partial charge in [0.1, 0.15) is 11.3 Å². The van der Waals surface area contributed by atoms with Gasteiger partial charge in [-0.25, -0.2) is 4.98 Å². The summed E-state index contributed by atoms with van der Waals surface area (Å²) in [5, 5.41) is 0. The van der Waals surface area contributed by atoms with E-state index < -0.39 is 5.91 Å². The monoisotopic (exact) mass is 258 g/mol. The van der Waals surface area contributed by atoms with E-state index in [1.54, 1.807) is 6.07 Å². The highest BCUT2D eigenvalue weighted by Crippen LogP contribution is 2.36. The number of para-hydroxylation sites is 1. The molecule has 0 saturated carbocycles. The molecule has 3 N–H and O–H groups in total. The number of likely N-dealkylation sites (tertiary alicyclic amines) is 1. The minimum Gasteiger partial charge on any atom is -0.366 e. The van der Waals surface area contributed by atoms with Crippen molar-refractivity contribution in [3.05, 3.63) is 29.6 Å². The second-order valence-electron chi connectivity index (χ2n) is 5.45. The first-order valence-electron chi connectivity index (χ1n) is 6.52. The number of hydrogen-bond acceptors (Lipinski definition) is 3. The number of aromatic nitrogens is 2. The number of carbonyl (C=O) groups excluding carboxylic acids is 1. The van der Waals surface area contributed by atoms with Crippen molar-refractivity contribution in [2.75, 3.05) is 13.6 Å². The van der Waals surface area contributed by atoms with Crippen LogP contribution < -0.4 is 5.73 Å². The number of aromatic amines is 1. The van der Waals surface area contributed by atoms with Gasteiger partial charge in [-0.3, -0.25) is 9.69 Å². The highest BCUT2D eigenvalue weighted by atomic mass is 16.1. The maximum atomic E-state index is 11.4. The molecule has 0 radical (unpaired) electrons. The summed E-state index contributed by atoms with van der Waals surface area (Å²) < 4.78 is 0. The molecule has 5 nitrogen and oxygen atoms in total. The number of rotatable bonds is 2. The number of nitrogens with one attached hydrogen (secondary N) is 1. The molecule has 0 bridgehead atoms. The summed E-state index contributed by atoms with van der Waals surface area (Å²) in [4.78, 5) is 21.7. The summed E-state index contributed by atoms with van der Waals surface area (Å²) in [6.07, 6.45) is 2.22. The lowest BCUT2D eigenvalue weighted by atomic mass is 9.98. The highest BCUT2D eigenvalue weighted by molar-refractivity contribution is 6.04. The third kappa shape index (κ3) is 1.73. The van der Waals surface area contributed by atoms with Gasteiger partial charge >= 0.3 is 0 Å². The highest BCUT2D eigenvalue weighted by Gasteiger charge is 2.38. The topological polar surface area (TPSA) is 75.0 Å². The van der Waals surface area contributed by atoms with Crippen LogP contribution in [0, 0.1) is 0 Å². The largest absolute Gasteiger partial charge is 0.366 e. The lowest BCUT2D eigenvalue weighted by molar-refractivity contribution is 0.100. The molecule has 100 valence electrons. The maximum absolute atomic E-state index is 11.4. The molecular weight excluding hydrogens is 240 g/mol. The average molecular weight is 258 g/mol. The lowest BCUT2D eigenvalue weighted by Gasteiger charge is -2.29. The molecule has 1 saturated heterocycles. The van der Waals surface area contributed by atoms with Gasteiger partial charge in [0.25, 0.3) is 5.91 Å². The van der Waals surface area contributed by atoms with Crippen molar-refractivity contribution in [3.63, 3.8) is 0 Å². The fraction of sp³-hybridized carbons (Fsp3) is 0.429. The summed E-state index contributed by atoms with van der Waals surface area (Å²) in [5.74, 6) is 0.477. The Morgan fingerprint density at radius 1 is 1.53 bits per heavy atom. The molecule has 1 fully saturated rings. The SMILES string of the molecule is CN1CCCC1(C)c1nc2c(C(N)=O)cccc2[nH]1. The first kappa shape index (κ1) is 12.2. The number of H-pyrrole nitrogens is 1. The Kier molecular flexibility index (Phi) is 2.60. The van der Waals surface area contributed by atoms with E-state index in [-0.39, 0.29) is 5.54 Å². The van der Waals surface area contributed by atoms with Crippen LogP contribution in [0.5, 0.6) is 0 Å². The van der Waals surface area contributed by atoms with Crippen molar-refractivity contribution in [2.45, 2.75) is 25.3 Å². The van der Waals surface area contributed by atoms with Crippen molar-refractivity contribution in [2.24, 2.45) is 5.73 Å². The number of primary amides is 1. The number of benzene rings is 1. The molecule has 0 aliphatic carbocycles. The fourth-order valence-electron chi connectivity index (χ4n) is 2.88. The number of imidazole rings is 1. The van der Waals surface area contributed by atoms with Crippen LogP contribution in [0.2, 0.25) is 0 Å². The van der Waals surface area contributed by atoms with Gasteiger partial charge in [0.05, 0.1) is 16.6 Å². The van der Waals surface area contributed by atoms with Crippen LogP contribution in [0.1, 0.15) is 35.9 Å². The zero-order valence-electron chi connectivity index (χ0n) is 11.2. The molecule has 1 aromatic heterocycles. The Bertz CT molecular complexity index is 648. The van der Waals surface area contributed by atoms with Gasteiger partial charge in [-0.05, 0) is 45.5 Å². The summed E-state index contributed by atoms with van der Waals surface area (Å²) in [5.41, 5.74) is 7.33. The third-order valence-corrected chi connectivity index (χ3v) is 4.29. The van der Waals surface area contributed by atoms with Gasteiger partial charge in [0.15, 0.2) is 0 Å². The maximum Gasteiger partial charge on any atom is 0.250 e. The second kappa shape index (κ2) is 4.06. The summed E-state index contributed by atoms with van der Waals surface area (Å²) in [6.45, 7) is 3.25. The fourth-order valence-corrected chi connectivity index (χ4v) is 2.88. The summed E-state index contributed by atoms with van der Waals surface area (Å²) >= 11 is 0. The van der Waals surface area contributed by atoms with Crippen LogP contribution in [-0.2, 0) is 5.54 Å². The minimum absolute atomic E-state index is 0.0893. The number of hydrogen-bond donors (Lipinski definition) is 2. The molecule has 1 unspecified atom stereocenters. The zero-order chi connectivity index (χ0) is 13.6. The van der Waals surface area contributed by atoms with Crippen molar-refractivity contribution < 1.29 is 4.79 Å². The standard InChI is InChI=1S/C14H18N4O/c1-14(7-4-8-18(14)2)13-16-10-6-3-5-9(12(15)19)11(10)17-13/h3,5-6H,4,7-8H2,1-2H3,(H2,15,19)(H,16,17). The molecule has 1 aliphatic rings. The molecule has 1 aliphatic heterocycles. The molecule has 5 heteroatoms. The van der Waals surface area contributed by atoms with Crippen LogP contribution in [0.4, 0.5) is 0 Å². The van der Waals surface area contributed by atoms with E-state index in [0.717, 1.165) is 30.7 Å². The number of fused-ring (bicyclic) bond motifs is 1. The number of nitrogens with zero attached hydrogens (tertiary/aromatic N) is 2. The molecule has 19 heavy (non-hydrogen) atoms. The Hall–Kier alpha value is -1.88. The molecule has 1 aromatic carbocycles. The van der Waals surface area contributed by atoms with Crippen LogP contribution in [0.15, 0.2) is 18.2 Å². The third-order valence-electron chi connectivity index (χ3n) is 4.29. The minimum atomic E-state index is -0.437. The Balaban J connectivity index is 2.17. The molecular formula is C14H18N4O. The predicted octanol–water partition coefficient (Wildman–Crippen LogP) is 1.60. The molecule has 1 atom stereocenters. The van der Waals surface area contributed by atoms with E-state index in [2.05, 4.69) is 28.8 Å². The molecule has 0 spiro atoms. The van der Waals surface area contributed by atoms with E-state index in [1.807, 2.05) is 12.1 Å². The molecule has 2 aromatic rings. The average Bonchev–Trinajstić information content (AvgIpc) is 2.94. The molecule has 2 heterocycles. The van der Waals surface area contributed by atoms with Gasteiger partial charge in [-0.15, -0.1) is 0 Å². The second-order valence-corrected chi connectivity index (χ2v) is 5.45. The van der Waals surface area contributed by atoms with Crippen LogP contribution in [0.3, 0.4) is 0 Å². The van der Waals surface area contributed by atoms with E-state index in [0.29, 0.717) is 11.1 Å². The van der Waals surface area contributed by atoms with Gasteiger partial charge in [0.2, 0.25) is 0 Å². The number of amides is 1. The van der Waals surface area contributed by atoms with Crippen molar-refractivity contribution in [1.82, 2.24) is 14.9 Å². The summed E-state index contributed by atoms with van der Waals surface area (Å²) in [7, 11) is 2.11. The van der Waals surface area contributed by atoms with E-state index in [1.165, 1.54) is 0 Å². The Labute approximate surface area is 111 Å². The van der Waals surface area contributed by atoms with Gasteiger partial charge in [0, 0.05) is 0 Å². The Morgan fingerprint density at radius 3 is 2.95 bits per heavy atom. The summed E-state index contributed by atoms with van der Waals surface area (Å²) in [6, 6.07) is 5.47. The first-order valence-corrected chi connectivity index (χ1v) is 6.52. The van der Waals surface area contributed by atoms with E-state index in [9.17, 15) is 4.79 Å². The van der Waals surface area contributed by atoms with E-state index >= 15 is 0 Å². The normalized spacial score (nSPS) is 24.1. The van der Waals surface area contributed by atoms with Gasteiger partial charge < -0.3 is 10.7 Å². The molecule has 1 amide bonds. The van der Waals surface area contributed by atoms with Crippen LogP contribution in [-0.4, -0.2) is 34.4 Å². The smallest absolute Gasteiger partial charge is 0.250 e. The van der Waals surface area contributed by atoms with Crippen molar-refractivity contribution >= 4 is 16.9 Å². The predicted molar refractivity (Wildman–Crippen MR) is 73.8 cm³/mol. The van der Waals surface area contributed by atoms with Gasteiger partial charge in [-0.1, -0.05) is 6.07 Å². The Morgan fingerprint density at radius 2 is 2.32 bits per heavy atom. The first-order chi connectivity index (χ1) is 9.02. The van der Waals surface area contributed by atoms with Crippen LogP contribution >= 0.6 is 0 Å². The lowest BCUT2D eigenvalue weighted by Crippen LogP contribution is -2.36. The number of carbonyl (C=O) groups is 1. The van der Waals surface area contributed by atoms with Crippen molar-refractivity contribution in [3.8, 4) is 0 Å². The zero-order valence-corrected chi connectivity index (χ0v) is 11.2.